The summed E-state index contributed by atoms with van der Waals surface area (Å²) in [6, 6.07) is 27.0. The first-order valence-corrected chi connectivity index (χ1v) is 7.33. The Labute approximate surface area is 131 Å². The van der Waals surface area contributed by atoms with Crippen LogP contribution in [-0.2, 0) is 0 Å². The molecule has 0 radical (unpaired) electrons. The van der Waals surface area contributed by atoms with E-state index in [0.29, 0.717) is 5.69 Å². The quantitative estimate of drug-likeness (QED) is 0.568. The molecule has 2 heteroatoms. The van der Waals surface area contributed by atoms with Crippen molar-refractivity contribution in [2.24, 2.45) is 0 Å². The van der Waals surface area contributed by atoms with Crippen LogP contribution >= 0.6 is 0 Å². The summed E-state index contributed by atoms with van der Waals surface area (Å²) >= 11 is 0. The molecule has 0 aromatic heterocycles. The molecule has 0 saturated heterocycles. The number of hydrogen-bond donors (Lipinski definition) is 1. The Morgan fingerprint density at radius 1 is 0.727 bits per heavy atom. The van der Waals surface area contributed by atoms with E-state index in [2.05, 4.69) is 54.6 Å². The number of nitrogens with two attached hydrogens (primary N) is 1. The molecule has 0 saturated carbocycles. The first-order valence-electron chi connectivity index (χ1n) is 7.33. The average Bonchev–Trinajstić information content (AvgIpc) is 2.58. The largest absolute Gasteiger partial charge is 0.495 e. The van der Waals surface area contributed by atoms with Crippen LogP contribution in [0.4, 0.5) is 5.69 Å². The predicted octanol–water partition coefficient (Wildman–Crippen LogP) is 4.46. The van der Waals surface area contributed by atoms with Gasteiger partial charge in [-0.3, -0.25) is 0 Å². The maximum absolute atomic E-state index is 5.95. The maximum atomic E-state index is 5.95. The number of benzene rings is 3. The van der Waals surface area contributed by atoms with Gasteiger partial charge in [-0.15, -0.1) is 0 Å². The van der Waals surface area contributed by atoms with Crippen LogP contribution < -0.4 is 10.5 Å². The molecule has 0 unspecified atom stereocenters. The molecule has 110 valence electrons. The normalized spacial score (nSPS) is 10.6. The molecule has 3 aromatic carbocycles. The van der Waals surface area contributed by atoms with Gasteiger partial charge in [-0.25, -0.2) is 0 Å². The number of methoxy groups -OCH3 is 1. The van der Waals surface area contributed by atoms with Gasteiger partial charge in [0.2, 0.25) is 0 Å². The molecule has 2 N–H and O–H groups in total. The van der Waals surface area contributed by atoms with Crippen molar-refractivity contribution in [2.45, 2.75) is 5.92 Å². The molecule has 22 heavy (non-hydrogen) atoms. The van der Waals surface area contributed by atoms with Crippen LogP contribution in [0.2, 0.25) is 0 Å². The topological polar surface area (TPSA) is 35.2 Å². The van der Waals surface area contributed by atoms with Crippen LogP contribution in [0.25, 0.3) is 0 Å². The molecular weight excluding hydrogens is 270 g/mol. The summed E-state index contributed by atoms with van der Waals surface area (Å²) in [5.41, 5.74) is 10.3. The Hall–Kier alpha value is -2.74. The van der Waals surface area contributed by atoms with Crippen molar-refractivity contribution >= 4 is 5.69 Å². The van der Waals surface area contributed by atoms with E-state index in [0.717, 1.165) is 5.75 Å². The molecule has 0 heterocycles. The van der Waals surface area contributed by atoms with Gasteiger partial charge >= 0.3 is 0 Å². The Morgan fingerprint density at radius 2 is 1.27 bits per heavy atom. The lowest BCUT2D eigenvalue weighted by Gasteiger charge is -2.20. The second kappa shape index (κ2) is 6.35. The van der Waals surface area contributed by atoms with Crippen LogP contribution in [0.15, 0.2) is 78.9 Å². The zero-order valence-corrected chi connectivity index (χ0v) is 12.6. The fourth-order valence-corrected chi connectivity index (χ4v) is 2.78. The van der Waals surface area contributed by atoms with Gasteiger partial charge in [0, 0.05) is 5.92 Å². The molecule has 0 fully saturated rings. The SMILES string of the molecule is COc1cc(C(c2ccccc2)c2ccccc2)ccc1N. The van der Waals surface area contributed by atoms with Crippen molar-refractivity contribution in [1.82, 2.24) is 0 Å². The number of ether oxygens (including phenoxy) is 1. The lowest BCUT2D eigenvalue weighted by molar-refractivity contribution is 0.416. The van der Waals surface area contributed by atoms with Crippen molar-refractivity contribution in [3.8, 4) is 5.75 Å². The molecule has 3 rings (SSSR count). The van der Waals surface area contributed by atoms with Crippen LogP contribution in [0.5, 0.6) is 5.75 Å². The second-order valence-electron chi connectivity index (χ2n) is 5.26. The van der Waals surface area contributed by atoms with Crippen LogP contribution in [0.1, 0.15) is 22.6 Å². The third-order valence-electron chi connectivity index (χ3n) is 3.86. The third-order valence-corrected chi connectivity index (χ3v) is 3.86. The lowest BCUT2D eigenvalue weighted by atomic mass is 9.85. The van der Waals surface area contributed by atoms with E-state index < -0.39 is 0 Å². The van der Waals surface area contributed by atoms with E-state index in [1.807, 2.05) is 24.3 Å². The van der Waals surface area contributed by atoms with Crippen LogP contribution in [0, 0.1) is 0 Å². The average molecular weight is 289 g/mol. The Balaban J connectivity index is 2.14. The number of nitrogen functional groups attached to an aromatic ring is 1. The second-order valence-corrected chi connectivity index (χ2v) is 5.26. The van der Waals surface area contributed by atoms with Crippen LogP contribution in [0.3, 0.4) is 0 Å². The molecule has 0 aliphatic carbocycles. The highest BCUT2D eigenvalue weighted by Gasteiger charge is 2.17. The van der Waals surface area contributed by atoms with Gasteiger partial charge in [0.05, 0.1) is 12.8 Å². The lowest BCUT2D eigenvalue weighted by Crippen LogP contribution is -2.04. The summed E-state index contributed by atoms with van der Waals surface area (Å²) in [4.78, 5) is 0. The highest BCUT2D eigenvalue weighted by atomic mass is 16.5. The van der Waals surface area contributed by atoms with Gasteiger partial charge in [-0.1, -0.05) is 66.7 Å². The van der Waals surface area contributed by atoms with E-state index in [1.165, 1.54) is 16.7 Å². The standard InChI is InChI=1S/C20H19NO/c1-22-19-14-17(12-13-18(19)21)20(15-8-4-2-5-9-15)16-10-6-3-7-11-16/h2-14,20H,21H2,1H3. The van der Waals surface area contributed by atoms with Crippen molar-refractivity contribution in [1.29, 1.82) is 0 Å². The zero-order valence-electron chi connectivity index (χ0n) is 12.6. The molecule has 2 nitrogen and oxygen atoms in total. The van der Waals surface area contributed by atoms with Gasteiger partial charge in [-0.2, -0.15) is 0 Å². The first kappa shape index (κ1) is 14.2. The summed E-state index contributed by atoms with van der Waals surface area (Å²) < 4.78 is 5.38. The molecule has 3 aromatic rings. The van der Waals surface area contributed by atoms with E-state index in [4.69, 9.17) is 10.5 Å². The highest BCUT2D eigenvalue weighted by molar-refractivity contribution is 5.56. The van der Waals surface area contributed by atoms with Gasteiger partial charge in [0.15, 0.2) is 0 Å². The Kier molecular flexibility index (Phi) is 4.10. The summed E-state index contributed by atoms with van der Waals surface area (Å²) in [6.45, 7) is 0. The summed E-state index contributed by atoms with van der Waals surface area (Å²) in [5.74, 6) is 0.881. The predicted molar refractivity (Wildman–Crippen MR) is 91.2 cm³/mol. The van der Waals surface area contributed by atoms with Gasteiger partial charge < -0.3 is 10.5 Å². The fourth-order valence-electron chi connectivity index (χ4n) is 2.78. The maximum Gasteiger partial charge on any atom is 0.142 e. The number of rotatable bonds is 4. The Morgan fingerprint density at radius 3 is 1.77 bits per heavy atom. The molecule has 0 aliphatic heterocycles. The van der Waals surface area contributed by atoms with E-state index >= 15 is 0 Å². The van der Waals surface area contributed by atoms with Crippen LogP contribution in [-0.4, -0.2) is 7.11 Å². The zero-order chi connectivity index (χ0) is 15.4. The first-order chi connectivity index (χ1) is 10.8. The Bertz CT molecular complexity index is 699. The summed E-state index contributed by atoms with van der Waals surface area (Å²) in [6.07, 6.45) is 0. The minimum Gasteiger partial charge on any atom is -0.495 e. The smallest absolute Gasteiger partial charge is 0.142 e. The van der Waals surface area contributed by atoms with Gasteiger partial charge in [0.25, 0.3) is 0 Å². The third kappa shape index (κ3) is 2.82. The van der Waals surface area contributed by atoms with Crippen molar-refractivity contribution in [3.63, 3.8) is 0 Å². The van der Waals surface area contributed by atoms with Crippen molar-refractivity contribution in [3.05, 3.63) is 95.6 Å². The van der Waals surface area contributed by atoms with E-state index in [-0.39, 0.29) is 5.92 Å². The highest BCUT2D eigenvalue weighted by Crippen LogP contribution is 2.35. The summed E-state index contributed by atoms with van der Waals surface area (Å²) in [7, 11) is 1.65. The molecule has 0 amide bonds. The van der Waals surface area contributed by atoms with E-state index in [9.17, 15) is 0 Å². The number of anilines is 1. The molecular formula is C20H19NO. The molecule has 0 atom stereocenters. The monoisotopic (exact) mass is 289 g/mol. The number of hydrogen-bond acceptors (Lipinski definition) is 2. The van der Waals surface area contributed by atoms with Gasteiger partial charge in [0.1, 0.15) is 5.75 Å². The van der Waals surface area contributed by atoms with Gasteiger partial charge in [-0.05, 0) is 28.8 Å². The van der Waals surface area contributed by atoms with Crippen molar-refractivity contribution < 1.29 is 4.74 Å². The molecule has 0 bridgehead atoms. The fraction of sp³-hybridized carbons (Fsp3) is 0.100. The minimum atomic E-state index is 0.164. The van der Waals surface area contributed by atoms with E-state index in [1.54, 1.807) is 7.11 Å². The summed E-state index contributed by atoms with van der Waals surface area (Å²) in [5, 5.41) is 0. The molecule has 0 spiro atoms. The minimum absolute atomic E-state index is 0.164. The van der Waals surface area contributed by atoms with Crippen molar-refractivity contribution in [2.75, 3.05) is 12.8 Å². The molecule has 0 aliphatic rings.